The van der Waals surface area contributed by atoms with Crippen LogP contribution in [-0.4, -0.2) is 49.7 Å². The highest BCUT2D eigenvalue weighted by atomic mass is 16.5. The summed E-state index contributed by atoms with van der Waals surface area (Å²) in [5, 5.41) is 3.79. The Morgan fingerprint density at radius 2 is 2.05 bits per heavy atom. The average Bonchev–Trinajstić information content (AvgIpc) is 3.14. The lowest BCUT2D eigenvalue weighted by Gasteiger charge is -2.55. The fraction of sp³-hybridized carbons (Fsp3) is 0.944. The molecule has 0 amide bonds. The molecule has 4 heteroatoms. The molecule has 1 saturated carbocycles. The third-order valence-electron chi connectivity index (χ3n) is 6.83. The van der Waals surface area contributed by atoms with Gasteiger partial charge in [-0.2, -0.15) is 0 Å². The second-order valence-electron chi connectivity index (χ2n) is 8.11. The molecule has 3 rings (SSSR count). The van der Waals surface area contributed by atoms with Crippen molar-refractivity contribution in [3.63, 3.8) is 0 Å². The minimum absolute atomic E-state index is 0.212. The number of guanidine groups is 1. The Balaban J connectivity index is 1.67. The molecule has 4 nitrogen and oxygen atoms in total. The number of hydrogen-bond donors (Lipinski definition) is 1. The van der Waals surface area contributed by atoms with Crippen LogP contribution >= 0.6 is 0 Å². The van der Waals surface area contributed by atoms with Crippen LogP contribution in [0, 0.1) is 16.7 Å². The summed E-state index contributed by atoms with van der Waals surface area (Å²) in [5.41, 5.74) is 0.704. The minimum atomic E-state index is 0.212. The number of hydrogen-bond acceptors (Lipinski definition) is 2. The second-order valence-corrected chi connectivity index (χ2v) is 8.11. The number of nitrogens with one attached hydrogen (secondary N) is 1. The number of likely N-dealkylation sites (tertiary alicyclic amines) is 1. The van der Waals surface area contributed by atoms with Gasteiger partial charge in [-0.05, 0) is 31.1 Å². The lowest BCUT2D eigenvalue weighted by molar-refractivity contribution is -0.107. The van der Waals surface area contributed by atoms with Crippen molar-refractivity contribution in [1.82, 2.24) is 10.2 Å². The van der Waals surface area contributed by atoms with Gasteiger partial charge in [-0.25, -0.2) is 0 Å². The maximum Gasteiger partial charge on any atom is 0.193 e. The average molecular weight is 307 g/mol. The van der Waals surface area contributed by atoms with Crippen LogP contribution in [0.4, 0.5) is 0 Å². The summed E-state index contributed by atoms with van der Waals surface area (Å²) in [7, 11) is 1.93. The van der Waals surface area contributed by atoms with E-state index in [1.54, 1.807) is 0 Å². The van der Waals surface area contributed by atoms with Gasteiger partial charge >= 0.3 is 0 Å². The van der Waals surface area contributed by atoms with Gasteiger partial charge in [0, 0.05) is 44.1 Å². The summed E-state index contributed by atoms with van der Waals surface area (Å²) < 4.78 is 5.91. The molecule has 0 aromatic carbocycles. The van der Waals surface area contributed by atoms with Gasteiger partial charge in [-0.1, -0.05) is 27.7 Å². The van der Waals surface area contributed by atoms with Crippen molar-refractivity contribution in [2.24, 2.45) is 21.7 Å². The molecule has 22 heavy (non-hydrogen) atoms. The van der Waals surface area contributed by atoms with E-state index in [1.807, 2.05) is 7.05 Å². The topological polar surface area (TPSA) is 36.9 Å². The van der Waals surface area contributed by atoms with Crippen molar-refractivity contribution in [3.8, 4) is 0 Å². The Kier molecular flexibility index (Phi) is 4.17. The van der Waals surface area contributed by atoms with Crippen molar-refractivity contribution >= 4 is 5.96 Å². The minimum Gasteiger partial charge on any atom is -0.377 e. The first-order chi connectivity index (χ1) is 10.5. The maximum absolute atomic E-state index is 5.91. The summed E-state index contributed by atoms with van der Waals surface area (Å²) in [4.78, 5) is 7.07. The molecule has 0 radical (unpaired) electrons. The van der Waals surface area contributed by atoms with Crippen molar-refractivity contribution in [2.45, 2.75) is 65.5 Å². The zero-order chi connectivity index (χ0) is 16.0. The predicted octanol–water partition coefficient (Wildman–Crippen LogP) is 2.89. The van der Waals surface area contributed by atoms with Gasteiger partial charge in [0.2, 0.25) is 0 Å². The summed E-state index contributed by atoms with van der Waals surface area (Å²) >= 11 is 0. The molecule has 3 fully saturated rings. The molecule has 0 bridgehead atoms. The van der Waals surface area contributed by atoms with Crippen LogP contribution in [0.25, 0.3) is 0 Å². The van der Waals surface area contributed by atoms with Crippen LogP contribution in [0.2, 0.25) is 0 Å². The van der Waals surface area contributed by atoms with E-state index in [9.17, 15) is 0 Å². The molecular formula is C18H33N3O. The van der Waals surface area contributed by atoms with Gasteiger partial charge < -0.3 is 15.0 Å². The Morgan fingerprint density at radius 3 is 2.64 bits per heavy atom. The van der Waals surface area contributed by atoms with E-state index in [4.69, 9.17) is 4.74 Å². The monoisotopic (exact) mass is 307 g/mol. The van der Waals surface area contributed by atoms with Crippen molar-refractivity contribution in [2.75, 3.05) is 26.7 Å². The highest BCUT2D eigenvalue weighted by molar-refractivity contribution is 5.81. The fourth-order valence-corrected chi connectivity index (χ4v) is 5.00. The molecule has 0 aromatic heterocycles. The smallest absolute Gasteiger partial charge is 0.193 e. The van der Waals surface area contributed by atoms with Gasteiger partial charge in [0.05, 0.1) is 6.10 Å². The first kappa shape index (κ1) is 16.1. The van der Waals surface area contributed by atoms with Gasteiger partial charge in [0.25, 0.3) is 0 Å². The van der Waals surface area contributed by atoms with E-state index in [-0.39, 0.29) is 5.41 Å². The normalized spacial score (nSPS) is 36.1. The van der Waals surface area contributed by atoms with E-state index < -0.39 is 0 Å². The molecule has 3 unspecified atom stereocenters. The number of fused-ring (bicyclic) bond motifs is 1. The third kappa shape index (κ3) is 2.34. The van der Waals surface area contributed by atoms with Crippen molar-refractivity contribution < 1.29 is 4.74 Å². The fourth-order valence-electron chi connectivity index (χ4n) is 5.00. The van der Waals surface area contributed by atoms with Crippen LogP contribution < -0.4 is 5.32 Å². The molecule has 2 aliphatic heterocycles. The molecule has 2 saturated heterocycles. The lowest BCUT2D eigenvalue weighted by Crippen LogP contribution is -2.68. The first-order valence-electron chi connectivity index (χ1n) is 9.07. The summed E-state index contributed by atoms with van der Waals surface area (Å²) in [5.74, 6) is 1.77. The zero-order valence-corrected chi connectivity index (χ0v) is 15.0. The largest absolute Gasteiger partial charge is 0.377 e. The van der Waals surface area contributed by atoms with Crippen LogP contribution in [0.5, 0.6) is 0 Å². The Morgan fingerprint density at radius 1 is 1.32 bits per heavy atom. The summed E-state index contributed by atoms with van der Waals surface area (Å²) in [6.07, 6.45) is 5.46. The molecule has 2 heterocycles. The lowest BCUT2D eigenvalue weighted by atomic mass is 9.57. The van der Waals surface area contributed by atoms with Crippen molar-refractivity contribution in [3.05, 3.63) is 0 Å². The molecule has 126 valence electrons. The molecule has 0 spiro atoms. The molecule has 1 aliphatic carbocycles. The van der Waals surface area contributed by atoms with Gasteiger partial charge in [0.1, 0.15) is 0 Å². The molecule has 3 aliphatic rings. The Hall–Kier alpha value is -0.770. The van der Waals surface area contributed by atoms with E-state index in [0.29, 0.717) is 23.5 Å². The number of aliphatic imine (C=N–C) groups is 1. The molecule has 3 atom stereocenters. The molecule has 1 N–H and O–H groups in total. The Bertz CT molecular complexity index is 442. The van der Waals surface area contributed by atoms with Crippen LogP contribution in [-0.2, 0) is 4.74 Å². The van der Waals surface area contributed by atoms with Crippen LogP contribution in [0.1, 0.15) is 53.4 Å². The third-order valence-corrected chi connectivity index (χ3v) is 6.83. The van der Waals surface area contributed by atoms with Gasteiger partial charge in [-0.3, -0.25) is 4.99 Å². The zero-order valence-electron chi connectivity index (χ0n) is 15.0. The van der Waals surface area contributed by atoms with Crippen molar-refractivity contribution in [1.29, 1.82) is 0 Å². The van der Waals surface area contributed by atoms with E-state index in [2.05, 4.69) is 42.9 Å². The number of rotatable bonds is 3. The number of ether oxygens (including phenoxy) is 1. The van der Waals surface area contributed by atoms with Crippen LogP contribution in [0.15, 0.2) is 4.99 Å². The maximum atomic E-state index is 5.91. The predicted molar refractivity (Wildman–Crippen MR) is 91.1 cm³/mol. The molecular weight excluding hydrogens is 274 g/mol. The van der Waals surface area contributed by atoms with Gasteiger partial charge in [0.15, 0.2) is 5.96 Å². The summed E-state index contributed by atoms with van der Waals surface area (Å²) in [6.45, 7) is 12.5. The van der Waals surface area contributed by atoms with Crippen LogP contribution in [0.3, 0.4) is 0 Å². The summed E-state index contributed by atoms with van der Waals surface area (Å²) in [6, 6.07) is 0.497. The number of nitrogens with zero attached hydrogens (tertiary/aromatic N) is 2. The quantitative estimate of drug-likeness (QED) is 0.643. The Labute approximate surface area is 135 Å². The SMILES string of the molecule is CCC1(CC)CCN(C(=NC)NC2C3CCOC3C2(C)C)C1. The highest BCUT2D eigenvalue weighted by Crippen LogP contribution is 2.52. The van der Waals surface area contributed by atoms with E-state index in [0.717, 1.165) is 25.7 Å². The van der Waals surface area contributed by atoms with E-state index >= 15 is 0 Å². The highest BCUT2D eigenvalue weighted by Gasteiger charge is 2.59. The molecule has 0 aromatic rings. The second kappa shape index (κ2) is 5.70. The standard InChI is InChI=1S/C18H33N3O/c1-6-18(7-2)9-10-21(12-18)16(19-5)20-14-13-8-11-22-15(13)17(14,3)4/h13-15H,6-12H2,1-5H3,(H,19,20). The first-order valence-corrected chi connectivity index (χ1v) is 9.07. The van der Waals surface area contributed by atoms with Gasteiger partial charge in [-0.15, -0.1) is 0 Å². The van der Waals surface area contributed by atoms with E-state index in [1.165, 1.54) is 25.7 Å².